The molecule has 1 rings (SSSR count). The lowest BCUT2D eigenvalue weighted by molar-refractivity contribution is -0.157. The number of rotatable bonds is 8. The summed E-state index contributed by atoms with van der Waals surface area (Å²) in [6, 6.07) is 6.07. The van der Waals surface area contributed by atoms with Gasteiger partial charge in [-0.1, -0.05) is 20.8 Å². The summed E-state index contributed by atoms with van der Waals surface area (Å²) in [6.07, 6.45) is -0.583. The standard InChI is InChI=1S/C26H43NO6Si/c1-24(2,3)31-22(29)20(27-23(30)32-25(4,5)6)16-17-21(28)18-12-14-19(15-13-18)33-34(10,11)26(7,8)9/h12-15,20H,16-17H2,1-11H3,(H,27,30)/t20-/m1/s1. The quantitative estimate of drug-likeness (QED) is 0.261. The maximum absolute atomic E-state index is 12.8. The summed E-state index contributed by atoms with van der Waals surface area (Å²) in [7, 11) is -1.97. The monoisotopic (exact) mass is 493 g/mol. The fourth-order valence-corrected chi connectivity index (χ4v) is 3.68. The van der Waals surface area contributed by atoms with Gasteiger partial charge in [0.15, 0.2) is 5.78 Å². The third-order valence-electron chi connectivity index (χ3n) is 5.40. The summed E-state index contributed by atoms with van der Waals surface area (Å²) in [5, 5.41) is 2.62. The molecule has 0 aromatic heterocycles. The fourth-order valence-electron chi connectivity index (χ4n) is 2.65. The second kappa shape index (κ2) is 10.9. The first kappa shape index (κ1) is 29.7. The molecule has 8 heteroatoms. The van der Waals surface area contributed by atoms with Crippen LogP contribution in [-0.2, 0) is 14.3 Å². The zero-order chi connectivity index (χ0) is 26.5. The van der Waals surface area contributed by atoms with Gasteiger partial charge in [-0.15, -0.1) is 0 Å². The molecule has 0 radical (unpaired) electrons. The molecule has 0 heterocycles. The van der Waals surface area contributed by atoms with E-state index in [1.54, 1.807) is 65.8 Å². The van der Waals surface area contributed by atoms with E-state index in [0.29, 0.717) is 5.56 Å². The van der Waals surface area contributed by atoms with Gasteiger partial charge in [-0.3, -0.25) is 4.79 Å². The number of hydrogen-bond acceptors (Lipinski definition) is 6. The molecule has 1 amide bonds. The van der Waals surface area contributed by atoms with E-state index in [9.17, 15) is 14.4 Å². The third-order valence-corrected chi connectivity index (χ3v) is 9.76. The number of ether oxygens (including phenoxy) is 2. The summed E-state index contributed by atoms with van der Waals surface area (Å²) in [5.74, 6) is -0.0101. The minimum Gasteiger partial charge on any atom is -0.544 e. The lowest BCUT2D eigenvalue weighted by Gasteiger charge is -2.36. The molecular formula is C26H43NO6Si. The van der Waals surface area contributed by atoms with Crippen molar-refractivity contribution in [2.45, 2.75) is 111 Å². The van der Waals surface area contributed by atoms with Gasteiger partial charge in [-0.2, -0.15) is 0 Å². The zero-order valence-corrected chi connectivity index (χ0v) is 23.8. The molecule has 7 nitrogen and oxygen atoms in total. The summed E-state index contributed by atoms with van der Waals surface area (Å²) in [4.78, 5) is 37.7. The van der Waals surface area contributed by atoms with Gasteiger partial charge in [0.2, 0.25) is 8.32 Å². The van der Waals surface area contributed by atoms with E-state index in [2.05, 4.69) is 39.2 Å². The molecule has 1 aromatic carbocycles. The van der Waals surface area contributed by atoms with Crippen molar-refractivity contribution < 1.29 is 28.3 Å². The third kappa shape index (κ3) is 10.3. The maximum Gasteiger partial charge on any atom is 0.408 e. The van der Waals surface area contributed by atoms with Gasteiger partial charge in [0.05, 0.1) is 0 Å². The molecule has 0 aliphatic carbocycles. The number of carbonyl (C=O) groups is 3. The number of Topliss-reactive ketones (excluding diaryl/α,β-unsaturated/α-hetero) is 1. The molecular weight excluding hydrogens is 450 g/mol. The second-order valence-electron chi connectivity index (χ2n) is 12.1. The van der Waals surface area contributed by atoms with Crippen LogP contribution in [0.25, 0.3) is 0 Å². The van der Waals surface area contributed by atoms with E-state index in [1.807, 2.05) is 0 Å². The molecule has 192 valence electrons. The summed E-state index contributed by atoms with van der Waals surface area (Å²) in [6.45, 7) is 21.3. The second-order valence-corrected chi connectivity index (χ2v) is 16.8. The topological polar surface area (TPSA) is 90.9 Å². The molecule has 0 aliphatic rings. The number of esters is 1. The van der Waals surface area contributed by atoms with Crippen LogP contribution in [0.3, 0.4) is 0 Å². The van der Waals surface area contributed by atoms with Crippen molar-refractivity contribution >= 4 is 26.2 Å². The Bertz CT molecular complexity index is 857. The molecule has 0 bridgehead atoms. The Balaban J connectivity index is 2.87. The van der Waals surface area contributed by atoms with Crippen molar-refractivity contribution in [1.82, 2.24) is 5.32 Å². The minimum atomic E-state index is -1.97. The predicted octanol–water partition coefficient (Wildman–Crippen LogP) is 6.27. The van der Waals surface area contributed by atoms with Crippen LogP contribution in [0.15, 0.2) is 24.3 Å². The van der Waals surface area contributed by atoms with E-state index in [0.717, 1.165) is 5.75 Å². The average molecular weight is 494 g/mol. The Morgan fingerprint density at radius 3 is 1.79 bits per heavy atom. The number of hydrogen-bond donors (Lipinski definition) is 1. The predicted molar refractivity (Wildman–Crippen MR) is 137 cm³/mol. The molecule has 0 fully saturated rings. The number of ketones is 1. The highest BCUT2D eigenvalue weighted by Gasteiger charge is 2.39. The average Bonchev–Trinajstić information content (AvgIpc) is 2.61. The molecule has 34 heavy (non-hydrogen) atoms. The van der Waals surface area contributed by atoms with Gasteiger partial charge in [-0.25, -0.2) is 9.59 Å². The van der Waals surface area contributed by atoms with Crippen LogP contribution in [0.4, 0.5) is 4.79 Å². The summed E-state index contributed by atoms with van der Waals surface area (Å²) < 4.78 is 17.0. The first-order chi connectivity index (χ1) is 15.2. The highest BCUT2D eigenvalue weighted by molar-refractivity contribution is 6.74. The summed E-state index contributed by atoms with van der Waals surface area (Å²) in [5.41, 5.74) is -0.926. The van der Waals surface area contributed by atoms with Gasteiger partial charge < -0.3 is 19.2 Å². The lowest BCUT2D eigenvalue weighted by Crippen LogP contribution is -2.46. The largest absolute Gasteiger partial charge is 0.544 e. The van der Waals surface area contributed by atoms with Gasteiger partial charge >= 0.3 is 12.1 Å². The van der Waals surface area contributed by atoms with Crippen molar-refractivity contribution in [3.05, 3.63) is 29.8 Å². The van der Waals surface area contributed by atoms with Crippen LogP contribution in [0.1, 0.15) is 85.5 Å². The van der Waals surface area contributed by atoms with E-state index < -0.39 is 37.6 Å². The van der Waals surface area contributed by atoms with E-state index in [-0.39, 0.29) is 23.7 Å². The number of benzene rings is 1. The van der Waals surface area contributed by atoms with Crippen LogP contribution in [-0.4, -0.2) is 43.4 Å². The van der Waals surface area contributed by atoms with Crippen LogP contribution < -0.4 is 9.74 Å². The van der Waals surface area contributed by atoms with Crippen LogP contribution >= 0.6 is 0 Å². The number of alkyl carbamates (subject to hydrolysis) is 1. The van der Waals surface area contributed by atoms with Crippen molar-refractivity contribution in [2.24, 2.45) is 0 Å². The van der Waals surface area contributed by atoms with E-state index >= 15 is 0 Å². The number of nitrogens with one attached hydrogen (secondary N) is 1. The van der Waals surface area contributed by atoms with Gasteiger partial charge in [0.25, 0.3) is 0 Å². The Morgan fingerprint density at radius 1 is 0.853 bits per heavy atom. The lowest BCUT2D eigenvalue weighted by atomic mass is 10.0. The molecule has 1 atom stereocenters. The van der Waals surface area contributed by atoms with Crippen molar-refractivity contribution in [2.75, 3.05) is 0 Å². The van der Waals surface area contributed by atoms with Crippen LogP contribution in [0, 0.1) is 0 Å². The highest BCUT2D eigenvalue weighted by Crippen LogP contribution is 2.37. The van der Waals surface area contributed by atoms with Crippen molar-refractivity contribution in [1.29, 1.82) is 0 Å². The summed E-state index contributed by atoms with van der Waals surface area (Å²) >= 11 is 0. The highest BCUT2D eigenvalue weighted by atomic mass is 28.4. The molecule has 0 spiro atoms. The molecule has 1 N–H and O–H groups in total. The van der Waals surface area contributed by atoms with Crippen molar-refractivity contribution in [3.63, 3.8) is 0 Å². The van der Waals surface area contributed by atoms with Crippen LogP contribution in [0.5, 0.6) is 5.75 Å². The smallest absolute Gasteiger partial charge is 0.408 e. The van der Waals surface area contributed by atoms with E-state index in [4.69, 9.17) is 13.9 Å². The van der Waals surface area contributed by atoms with Gasteiger partial charge in [-0.05, 0) is 90.4 Å². The SMILES string of the molecule is CC(C)(C)OC(=O)N[C@H](CCC(=O)c1ccc(O[Si](C)(C)C(C)(C)C)cc1)C(=O)OC(C)(C)C. The van der Waals surface area contributed by atoms with Gasteiger partial charge in [0, 0.05) is 12.0 Å². The number of amides is 1. The Labute approximate surface area is 206 Å². The normalized spacial score (nSPS) is 13.6. The first-order valence-corrected chi connectivity index (χ1v) is 14.7. The number of carbonyl (C=O) groups excluding carboxylic acids is 3. The molecule has 1 aromatic rings. The Morgan fingerprint density at radius 2 is 1.35 bits per heavy atom. The van der Waals surface area contributed by atoms with Crippen molar-refractivity contribution in [3.8, 4) is 5.75 Å². The zero-order valence-electron chi connectivity index (χ0n) is 22.8. The van der Waals surface area contributed by atoms with Gasteiger partial charge in [0.1, 0.15) is 23.0 Å². The Kier molecular flexibility index (Phi) is 9.54. The fraction of sp³-hybridized carbons (Fsp3) is 0.654. The Hall–Kier alpha value is -2.35. The molecule has 0 saturated heterocycles. The minimum absolute atomic E-state index is 0.0577. The molecule has 0 aliphatic heterocycles. The molecule has 0 unspecified atom stereocenters. The maximum atomic E-state index is 12.8. The van der Waals surface area contributed by atoms with Crippen LogP contribution in [0.2, 0.25) is 18.1 Å². The first-order valence-electron chi connectivity index (χ1n) is 11.7. The van der Waals surface area contributed by atoms with E-state index in [1.165, 1.54) is 0 Å². The molecule has 0 saturated carbocycles.